The number of hydrogen-bond donors (Lipinski definition) is 1. The van der Waals surface area contributed by atoms with Gasteiger partial charge in [0.05, 0.1) is 17.3 Å². The van der Waals surface area contributed by atoms with Crippen molar-refractivity contribution in [2.24, 2.45) is 7.05 Å². The van der Waals surface area contributed by atoms with Gasteiger partial charge in [0.1, 0.15) is 11.6 Å². The molecule has 0 saturated heterocycles. The van der Waals surface area contributed by atoms with E-state index in [1.165, 1.54) is 5.56 Å². The molecule has 0 aliphatic heterocycles. The molecule has 0 amide bonds. The molecule has 128 valence electrons. The summed E-state index contributed by atoms with van der Waals surface area (Å²) in [7, 11) is 4.00. The second kappa shape index (κ2) is 6.59. The number of nitrogens with zero attached hydrogens (tertiary/aromatic N) is 6. The Morgan fingerprint density at radius 3 is 2.67 bits per heavy atom. The summed E-state index contributed by atoms with van der Waals surface area (Å²) in [6.45, 7) is 7.12. The summed E-state index contributed by atoms with van der Waals surface area (Å²) in [5.74, 6) is 1.83. The Morgan fingerprint density at radius 1 is 1.21 bits per heavy atom. The van der Waals surface area contributed by atoms with Crippen LogP contribution in [0.25, 0.3) is 11.0 Å². The first-order valence-corrected chi connectivity index (χ1v) is 8.41. The first kappa shape index (κ1) is 16.4. The van der Waals surface area contributed by atoms with Gasteiger partial charge in [0, 0.05) is 32.8 Å². The van der Waals surface area contributed by atoms with Gasteiger partial charge in [-0.1, -0.05) is 6.92 Å². The van der Waals surface area contributed by atoms with E-state index in [0.717, 1.165) is 59.9 Å². The van der Waals surface area contributed by atoms with Gasteiger partial charge >= 0.3 is 0 Å². The van der Waals surface area contributed by atoms with E-state index < -0.39 is 0 Å². The molecule has 1 N–H and O–H groups in total. The SMILES string of the molecule is CCCc1nc(N(C)CCc2c(C)n[nH]c2C)c2cnn(C)c2n1. The van der Waals surface area contributed by atoms with Crippen LogP contribution in [0.2, 0.25) is 0 Å². The standard InChI is InChI=1S/C17H25N7/c1-6-7-15-19-16(14-10-18-24(5)17(14)20-15)23(4)9-8-13-11(2)21-22-12(13)3/h10H,6-9H2,1-5H3,(H,21,22). The molecule has 0 aliphatic rings. The van der Waals surface area contributed by atoms with Crippen LogP contribution in [0.1, 0.15) is 36.1 Å². The summed E-state index contributed by atoms with van der Waals surface area (Å²) in [6, 6.07) is 0. The van der Waals surface area contributed by atoms with Crippen LogP contribution in [0.4, 0.5) is 5.82 Å². The highest BCUT2D eigenvalue weighted by molar-refractivity contribution is 5.86. The van der Waals surface area contributed by atoms with Gasteiger partial charge in [-0.25, -0.2) is 9.97 Å². The average Bonchev–Trinajstić information content (AvgIpc) is 3.08. The van der Waals surface area contributed by atoms with Crippen molar-refractivity contribution in [2.45, 2.75) is 40.0 Å². The monoisotopic (exact) mass is 327 g/mol. The van der Waals surface area contributed by atoms with Gasteiger partial charge in [-0.05, 0) is 32.3 Å². The van der Waals surface area contributed by atoms with E-state index in [1.807, 2.05) is 24.9 Å². The maximum absolute atomic E-state index is 4.79. The van der Waals surface area contributed by atoms with Crippen LogP contribution >= 0.6 is 0 Å². The topological polar surface area (TPSA) is 75.5 Å². The van der Waals surface area contributed by atoms with Crippen molar-refractivity contribution in [3.63, 3.8) is 0 Å². The van der Waals surface area contributed by atoms with Gasteiger partial charge in [0.2, 0.25) is 0 Å². The zero-order chi connectivity index (χ0) is 17.3. The van der Waals surface area contributed by atoms with Crippen LogP contribution in [-0.2, 0) is 19.9 Å². The van der Waals surface area contributed by atoms with Crippen molar-refractivity contribution in [3.8, 4) is 0 Å². The van der Waals surface area contributed by atoms with E-state index in [-0.39, 0.29) is 0 Å². The Bertz CT molecular complexity index is 827. The predicted molar refractivity (Wildman–Crippen MR) is 95.3 cm³/mol. The number of likely N-dealkylation sites (N-methyl/N-ethyl adjacent to an activating group) is 1. The molecular weight excluding hydrogens is 302 g/mol. The number of fused-ring (bicyclic) bond motifs is 1. The molecule has 0 aliphatic carbocycles. The van der Waals surface area contributed by atoms with Crippen LogP contribution < -0.4 is 4.90 Å². The molecule has 0 unspecified atom stereocenters. The van der Waals surface area contributed by atoms with Crippen molar-refractivity contribution in [1.29, 1.82) is 0 Å². The highest BCUT2D eigenvalue weighted by atomic mass is 15.3. The summed E-state index contributed by atoms with van der Waals surface area (Å²) < 4.78 is 1.82. The smallest absolute Gasteiger partial charge is 0.163 e. The predicted octanol–water partition coefficient (Wildman–Crippen LogP) is 2.33. The summed E-state index contributed by atoms with van der Waals surface area (Å²) in [4.78, 5) is 11.6. The van der Waals surface area contributed by atoms with Gasteiger partial charge in [-0.15, -0.1) is 0 Å². The molecule has 0 atom stereocenters. The summed E-state index contributed by atoms with van der Waals surface area (Å²) in [6.07, 6.45) is 4.69. The summed E-state index contributed by atoms with van der Waals surface area (Å²) in [5, 5.41) is 12.7. The lowest BCUT2D eigenvalue weighted by molar-refractivity contribution is 0.769. The third-order valence-corrected chi connectivity index (χ3v) is 4.43. The Hall–Kier alpha value is -2.44. The van der Waals surface area contributed by atoms with E-state index in [9.17, 15) is 0 Å². The van der Waals surface area contributed by atoms with Gasteiger partial charge in [-0.3, -0.25) is 9.78 Å². The number of aromatic amines is 1. The molecule has 3 heterocycles. The maximum atomic E-state index is 4.79. The van der Waals surface area contributed by atoms with Crippen molar-refractivity contribution in [1.82, 2.24) is 29.9 Å². The van der Waals surface area contributed by atoms with Crippen LogP contribution in [0, 0.1) is 13.8 Å². The van der Waals surface area contributed by atoms with Gasteiger partial charge < -0.3 is 4.90 Å². The first-order valence-electron chi connectivity index (χ1n) is 8.41. The van der Waals surface area contributed by atoms with Gasteiger partial charge in [-0.2, -0.15) is 10.2 Å². The zero-order valence-electron chi connectivity index (χ0n) is 15.1. The molecule has 3 aromatic heterocycles. The molecule has 0 aromatic carbocycles. The van der Waals surface area contributed by atoms with Crippen molar-refractivity contribution in [2.75, 3.05) is 18.5 Å². The first-order chi connectivity index (χ1) is 11.5. The fourth-order valence-corrected chi connectivity index (χ4v) is 3.01. The summed E-state index contributed by atoms with van der Waals surface area (Å²) in [5.41, 5.74) is 4.39. The van der Waals surface area contributed by atoms with Gasteiger partial charge in [0.15, 0.2) is 5.65 Å². The maximum Gasteiger partial charge on any atom is 0.163 e. The van der Waals surface area contributed by atoms with Crippen LogP contribution in [0.5, 0.6) is 0 Å². The number of aryl methyl sites for hydroxylation is 4. The molecule has 3 aromatic rings. The van der Waals surface area contributed by atoms with Crippen molar-refractivity contribution < 1.29 is 0 Å². The molecule has 0 fully saturated rings. The molecule has 0 saturated carbocycles. The van der Waals surface area contributed by atoms with E-state index in [4.69, 9.17) is 4.98 Å². The highest BCUT2D eigenvalue weighted by Gasteiger charge is 2.15. The molecule has 0 radical (unpaired) electrons. The van der Waals surface area contributed by atoms with E-state index in [0.29, 0.717) is 0 Å². The van der Waals surface area contributed by atoms with Crippen LogP contribution in [0.3, 0.4) is 0 Å². The van der Waals surface area contributed by atoms with Gasteiger partial charge in [0.25, 0.3) is 0 Å². The molecular formula is C17H25N7. The minimum atomic E-state index is 0.869. The number of hydrogen-bond acceptors (Lipinski definition) is 5. The Kier molecular flexibility index (Phi) is 4.51. The Morgan fingerprint density at radius 2 is 2.00 bits per heavy atom. The number of aromatic nitrogens is 6. The molecule has 7 nitrogen and oxygen atoms in total. The normalized spacial score (nSPS) is 11.4. The van der Waals surface area contributed by atoms with E-state index >= 15 is 0 Å². The molecule has 7 heteroatoms. The molecule has 0 bridgehead atoms. The van der Waals surface area contributed by atoms with E-state index in [1.54, 1.807) is 0 Å². The molecule has 24 heavy (non-hydrogen) atoms. The fraction of sp³-hybridized carbons (Fsp3) is 0.529. The quantitative estimate of drug-likeness (QED) is 0.752. The minimum Gasteiger partial charge on any atom is -0.359 e. The average molecular weight is 327 g/mol. The lowest BCUT2D eigenvalue weighted by Crippen LogP contribution is -2.23. The van der Waals surface area contributed by atoms with Crippen molar-refractivity contribution in [3.05, 3.63) is 29.0 Å². The summed E-state index contributed by atoms with van der Waals surface area (Å²) >= 11 is 0. The number of H-pyrrole nitrogens is 1. The second-order valence-corrected chi connectivity index (χ2v) is 6.30. The van der Waals surface area contributed by atoms with Crippen LogP contribution in [0.15, 0.2) is 6.20 Å². The Balaban J connectivity index is 1.89. The molecule has 3 rings (SSSR count). The number of anilines is 1. The van der Waals surface area contributed by atoms with E-state index in [2.05, 4.69) is 46.1 Å². The van der Waals surface area contributed by atoms with Crippen molar-refractivity contribution >= 4 is 16.9 Å². The largest absolute Gasteiger partial charge is 0.359 e. The zero-order valence-corrected chi connectivity index (χ0v) is 15.1. The lowest BCUT2D eigenvalue weighted by Gasteiger charge is -2.19. The number of rotatable bonds is 6. The lowest BCUT2D eigenvalue weighted by atomic mass is 10.1. The fourth-order valence-electron chi connectivity index (χ4n) is 3.01. The highest BCUT2D eigenvalue weighted by Crippen LogP contribution is 2.23. The number of nitrogens with one attached hydrogen (secondary N) is 1. The Labute approximate surface area is 142 Å². The third-order valence-electron chi connectivity index (χ3n) is 4.43. The second-order valence-electron chi connectivity index (χ2n) is 6.30. The molecule has 0 spiro atoms. The third kappa shape index (κ3) is 2.98. The van der Waals surface area contributed by atoms with Crippen LogP contribution in [-0.4, -0.2) is 43.5 Å². The minimum absolute atomic E-state index is 0.869.